The first-order valence-corrected chi connectivity index (χ1v) is 4.68. The molecule has 0 aromatic heterocycles. The van der Waals surface area contributed by atoms with Gasteiger partial charge in [0.25, 0.3) is 0 Å². The molecule has 0 amide bonds. The Kier molecular flexibility index (Phi) is 3.25. The van der Waals surface area contributed by atoms with Crippen LogP contribution in [-0.4, -0.2) is 11.4 Å². The lowest BCUT2D eigenvalue weighted by Gasteiger charge is -2.07. The molecule has 14 heavy (non-hydrogen) atoms. The molecule has 0 spiro atoms. The van der Waals surface area contributed by atoms with E-state index in [-0.39, 0.29) is 5.76 Å². The first-order valence-electron chi connectivity index (χ1n) is 3.88. The number of rotatable bonds is 3. The summed E-state index contributed by atoms with van der Waals surface area (Å²) in [5.74, 6) is -0.0794. The molecule has 0 saturated heterocycles. The van der Waals surface area contributed by atoms with E-state index in [1.807, 2.05) is 0 Å². The van der Waals surface area contributed by atoms with Crippen LogP contribution in [0, 0.1) is 0 Å². The number of aliphatic hydroxyl groups excluding tert-OH is 1. The number of aliphatic hydroxyl groups is 1. The molecule has 0 aliphatic rings. The van der Waals surface area contributed by atoms with E-state index in [2.05, 4.69) is 29.1 Å². The minimum atomic E-state index is -0.0794. The van der Waals surface area contributed by atoms with Gasteiger partial charge in [0.2, 0.25) is 0 Å². The van der Waals surface area contributed by atoms with Gasteiger partial charge in [-0.3, -0.25) is 4.79 Å². The van der Waals surface area contributed by atoms with Crippen molar-refractivity contribution in [1.29, 1.82) is 0 Å². The van der Waals surface area contributed by atoms with Crippen LogP contribution >= 0.6 is 15.9 Å². The second-order valence-corrected chi connectivity index (χ2v) is 3.70. The molecule has 1 aromatic carbocycles. The first kappa shape index (κ1) is 10.7. The van der Waals surface area contributed by atoms with Gasteiger partial charge in [-0.05, 0) is 17.7 Å². The molecule has 0 radical (unpaired) electrons. The van der Waals surface area contributed by atoms with Crippen molar-refractivity contribution in [2.75, 3.05) is 0 Å². The van der Waals surface area contributed by atoms with E-state index in [0.717, 1.165) is 4.47 Å². The van der Waals surface area contributed by atoms with Crippen LogP contribution in [0.2, 0.25) is 0 Å². The molecule has 3 heteroatoms. The van der Waals surface area contributed by atoms with E-state index >= 15 is 0 Å². The highest BCUT2D eigenvalue weighted by atomic mass is 79.9. The number of carbonyl (C=O) groups excluding carboxylic acids is 1. The lowest BCUT2D eigenvalue weighted by atomic mass is 10.0. The van der Waals surface area contributed by atoms with Crippen molar-refractivity contribution in [2.45, 2.75) is 0 Å². The van der Waals surface area contributed by atoms with Gasteiger partial charge in [-0.15, -0.1) is 0 Å². The summed E-state index contributed by atoms with van der Waals surface area (Å²) in [5, 5.41) is 9.30. The third-order valence-electron chi connectivity index (χ3n) is 1.78. The Morgan fingerprint density at radius 1 is 1.36 bits per heavy atom. The maximum absolute atomic E-state index is 10.5. The van der Waals surface area contributed by atoms with Crippen molar-refractivity contribution in [2.24, 2.45) is 0 Å². The van der Waals surface area contributed by atoms with Gasteiger partial charge in [0.05, 0.1) is 0 Å². The zero-order chi connectivity index (χ0) is 10.7. The van der Waals surface area contributed by atoms with E-state index in [1.54, 1.807) is 18.2 Å². The van der Waals surface area contributed by atoms with Gasteiger partial charge in [-0.2, -0.15) is 0 Å². The van der Waals surface area contributed by atoms with Crippen molar-refractivity contribution in [3.8, 4) is 0 Å². The summed E-state index contributed by atoms with van der Waals surface area (Å²) >= 11 is 3.27. The Hall–Kier alpha value is -1.35. The summed E-state index contributed by atoms with van der Waals surface area (Å²) in [4.78, 5) is 10.5. The molecule has 72 valence electrons. The second kappa shape index (κ2) is 4.24. The van der Waals surface area contributed by atoms with Crippen molar-refractivity contribution < 1.29 is 9.90 Å². The van der Waals surface area contributed by atoms with Crippen LogP contribution in [0.1, 0.15) is 11.1 Å². The van der Waals surface area contributed by atoms with E-state index in [1.165, 1.54) is 0 Å². The highest BCUT2D eigenvalue weighted by Gasteiger charge is 2.08. The SMILES string of the molecule is C=C(O)c1cc(Br)ccc1C(=C)C=O. The molecule has 0 heterocycles. The quantitative estimate of drug-likeness (QED) is 0.510. The molecule has 0 bridgehead atoms. The number of allylic oxidation sites excluding steroid dienone is 1. The van der Waals surface area contributed by atoms with Crippen molar-refractivity contribution in [1.82, 2.24) is 0 Å². The maximum Gasteiger partial charge on any atom is 0.150 e. The predicted octanol–water partition coefficient (Wildman–Crippen LogP) is 3.19. The molecule has 0 fully saturated rings. The topological polar surface area (TPSA) is 37.3 Å². The fraction of sp³-hybridized carbons (Fsp3) is 0. The Balaban J connectivity index is 3.35. The lowest BCUT2D eigenvalue weighted by molar-refractivity contribution is -0.103. The molecule has 0 aliphatic carbocycles. The lowest BCUT2D eigenvalue weighted by Crippen LogP contribution is -1.92. The van der Waals surface area contributed by atoms with Crippen LogP contribution in [0.5, 0.6) is 0 Å². The van der Waals surface area contributed by atoms with Crippen molar-refractivity contribution in [3.63, 3.8) is 0 Å². The molecule has 1 rings (SSSR count). The monoisotopic (exact) mass is 252 g/mol. The standard InChI is InChI=1S/C11H9BrO2/c1-7(6-13)10-4-3-9(12)5-11(10)8(2)14/h3-6,14H,1-2H2. The molecular weight excluding hydrogens is 244 g/mol. The van der Waals surface area contributed by atoms with Crippen molar-refractivity contribution >= 4 is 33.5 Å². The Morgan fingerprint density at radius 2 is 2.00 bits per heavy atom. The summed E-state index contributed by atoms with van der Waals surface area (Å²) in [6.45, 7) is 7.00. The highest BCUT2D eigenvalue weighted by molar-refractivity contribution is 9.10. The molecule has 1 aromatic rings. The van der Waals surface area contributed by atoms with E-state index in [4.69, 9.17) is 0 Å². The normalized spacial score (nSPS) is 9.50. The van der Waals surface area contributed by atoms with Crippen LogP contribution in [-0.2, 0) is 4.79 Å². The minimum absolute atomic E-state index is 0.0794. The molecule has 0 saturated carbocycles. The molecular formula is C11H9BrO2. The number of hydrogen-bond donors (Lipinski definition) is 1. The van der Waals surface area contributed by atoms with Gasteiger partial charge >= 0.3 is 0 Å². The molecule has 0 atom stereocenters. The summed E-state index contributed by atoms with van der Waals surface area (Å²) in [5.41, 5.74) is 1.43. The third kappa shape index (κ3) is 2.12. The number of aldehydes is 1. The summed E-state index contributed by atoms with van der Waals surface area (Å²) in [6, 6.07) is 5.17. The van der Waals surface area contributed by atoms with Gasteiger partial charge in [0, 0.05) is 15.6 Å². The smallest absolute Gasteiger partial charge is 0.150 e. The fourth-order valence-corrected chi connectivity index (χ4v) is 1.46. The second-order valence-electron chi connectivity index (χ2n) is 2.78. The van der Waals surface area contributed by atoms with Gasteiger partial charge in [-0.25, -0.2) is 0 Å². The Bertz CT molecular complexity index is 408. The van der Waals surface area contributed by atoms with Crippen LogP contribution in [0.15, 0.2) is 35.8 Å². The molecule has 2 nitrogen and oxygen atoms in total. The molecule has 0 unspecified atom stereocenters. The fourth-order valence-electron chi connectivity index (χ4n) is 1.10. The van der Waals surface area contributed by atoms with E-state index < -0.39 is 0 Å². The van der Waals surface area contributed by atoms with E-state index in [0.29, 0.717) is 23.0 Å². The van der Waals surface area contributed by atoms with Crippen molar-refractivity contribution in [3.05, 3.63) is 47.0 Å². The van der Waals surface area contributed by atoms with Crippen LogP contribution in [0.25, 0.3) is 11.3 Å². The zero-order valence-corrected chi connectivity index (χ0v) is 9.04. The van der Waals surface area contributed by atoms with Gasteiger partial charge in [0.1, 0.15) is 12.0 Å². The van der Waals surface area contributed by atoms with Crippen LogP contribution in [0.3, 0.4) is 0 Å². The Labute approximate surface area is 90.7 Å². The average Bonchev–Trinajstić information content (AvgIpc) is 2.16. The first-order chi connectivity index (χ1) is 6.56. The molecule has 1 N–H and O–H groups in total. The van der Waals surface area contributed by atoms with E-state index in [9.17, 15) is 9.90 Å². The minimum Gasteiger partial charge on any atom is -0.508 e. The maximum atomic E-state index is 10.5. The third-order valence-corrected chi connectivity index (χ3v) is 2.27. The predicted molar refractivity (Wildman–Crippen MR) is 60.9 cm³/mol. The number of benzene rings is 1. The summed E-state index contributed by atoms with van der Waals surface area (Å²) < 4.78 is 0.810. The van der Waals surface area contributed by atoms with Crippen LogP contribution in [0.4, 0.5) is 0 Å². The number of halogens is 1. The summed E-state index contributed by atoms with van der Waals surface area (Å²) in [6.07, 6.45) is 0.648. The number of hydrogen-bond acceptors (Lipinski definition) is 2. The highest BCUT2D eigenvalue weighted by Crippen LogP contribution is 2.25. The Morgan fingerprint density at radius 3 is 2.50 bits per heavy atom. The zero-order valence-electron chi connectivity index (χ0n) is 7.46. The summed E-state index contributed by atoms with van der Waals surface area (Å²) in [7, 11) is 0. The van der Waals surface area contributed by atoms with Gasteiger partial charge < -0.3 is 5.11 Å². The van der Waals surface area contributed by atoms with Crippen LogP contribution < -0.4 is 0 Å². The average molecular weight is 253 g/mol. The molecule has 0 aliphatic heterocycles. The van der Waals surface area contributed by atoms with Gasteiger partial charge in [0.15, 0.2) is 0 Å². The van der Waals surface area contributed by atoms with Gasteiger partial charge in [-0.1, -0.05) is 35.2 Å². The largest absolute Gasteiger partial charge is 0.508 e. The number of carbonyl (C=O) groups is 1.